The van der Waals surface area contributed by atoms with Crippen molar-refractivity contribution in [2.24, 2.45) is 0 Å². The number of amides is 2. The lowest BCUT2D eigenvalue weighted by atomic mass is 10.2. The summed E-state index contributed by atoms with van der Waals surface area (Å²) < 4.78 is 0. The molecule has 0 radical (unpaired) electrons. The number of nitrogens with zero attached hydrogens (tertiary/aromatic N) is 2. The predicted molar refractivity (Wildman–Crippen MR) is 61.2 cm³/mol. The van der Waals surface area contributed by atoms with Crippen LogP contribution in [0.15, 0.2) is 18.2 Å². The van der Waals surface area contributed by atoms with Crippen LogP contribution in [0, 0.1) is 0 Å². The van der Waals surface area contributed by atoms with Gasteiger partial charge in [0.2, 0.25) is 0 Å². The maximum Gasteiger partial charge on any atom is 0.319 e. The lowest BCUT2D eigenvalue weighted by molar-refractivity contribution is 0.250. The maximum absolute atomic E-state index is 11.5. The first kappa shape index (κ1) is 10.4. The molecule has 1 aromatic heterocycles. The number of para-hydroxylation sites is 1. The van der Waals surface area contributed by atoms with E-state index in [0.29, 0.717) is 11.2 Å². The molecule has 0 spiro atoms. The predicted octanol–water partition coefficient (Wildman–Crippen LogP) is 1.49. The van der Waals surface area contributed by atoms with E-state index in [9.17, 15) is 4.79 Å². The molecule has 0 atom stereocenters. The topological polar surface area (TPSA) is 82.7 Å². The Morgan fingerprint density at radius 3 is 2.94 bits per heavy atom. The van der Waals surface area contributed by atoms with Gasteiger partial charge in [0, 0.05) is 6.04 Å². The number of hydrogen-bond acceptors (Lipinski definition) is 3. The van der Waals surface area contributed by atoms with Gasteiger partial charge in [0.1, 0.15) is 11.0 Å². The Morgan fingerprint density at radius 2 is 2.19 bits per heavy atom. The molecule has 0 bridgehead atoms. The first-order valence-corrected chi connectivity index (χ1v) is 5.04. The Morgan fingerprint density at radius 1 is 1.38 bits per heavy atom. The first-order valence-electron chi connectivity index (χ1n) is 5.04. The smallest absolute Gasteiger partial charge is 0.319 e. The molecule has 16 heavy (non-hydrogen) atoms. The number of anilines is 1. The molecule has 2 amide bonds. The van der Waals surface area contributed by atoms with E-state index in [1.807, 2.05) is 26.0 Å². The summed E-state index contributed by atoms with van der Waals surface area (Å²) in [7, 11) is 0. The molecule has 0 aliphatic heterocycles. The standard InChI is InChI=1S/C10H13N5O/c1-6(2)11-10(16)12-7-4-3-5-8-9(7)14-15-13-8/h3-6H,1-2H3,(H2,11,12,16)(H,13,14,15). The van der Waals surface area contributed by atoms with Gasteiger partial charge in [-0.15, -0.1) is 0 Å². The summed E-state index contributed by atoms with van der Waals surface area (Å²) >= 11 is 0. The van der Waals surface area contributed by atoms with Gasteiger partial charge in [-0.1, -0.05) is 6.07 Å². The van der Waals surface area contributed by atoms with Crippen LogP contribution >= 0.6 is 0 Å². The van der Waals surface area contributed by atoms with Crippen molar-refractivity contribution >= 4 is 22.8 Å². The molecule has 2 aromatic rings. The summed E-state index contributed by atoms with van der Waals surface area (Å²) in [5.74, 6) is 0. The highest BCUT2D eigenvalue weighted by Gasteiger charge is 2.08. The summed E-state index contributed by atoms with van der Waals surface area (Å²) in [6.07, 6.45) is 0. The highest BCUT2D eigenvalue weighted by atomic mass is 16.2. The molecule has 0 aliphatic carbocycles. The monoisotopic (exact) mass is 219 g/mol. The molecular formula is C10H13N5O. The number of aromatic amines is 1. The molecule has 6 nitrogen and oxygen atoms in total. The third kappa shape index (κ3) is 2.10. The number of hydrogen-bond donors (Lipinski definition) is 3. The summed E-state index contributed by atoms with van der Waals surface area (Å²) in [6.45, 7) is 3.80. The number of benzene rings is 1. The quantitative estimate of drug-likeness (QED) is 0.715. The lowest BCUT2D eigenvalue weighted by Crippen LogP contribution is -2.34. The zero-order valence-corrected chi connectivity index (χ0v) is 9.11. The van der Waals surface area contributed by atoms with Crippen molar-refractivity contribution in [1.82, 2.24) is 20.7 Å². The first-order chi connectivity index (χ1) is 7.66. The highest BCUT2D eigenvalue weighted by Crippen LogP contribution is 2.18. The van der Waals surface area contributed by atoms with Gasteiger partial charge in [-0.2, -0.15) is 15.4 Å². The molecule has 0 fully saturated rings. The van der Waals surface area contributed by atoms with E-state index < -0.39 is 0 Å². The molecule has 6 heteroatoms. The van der Waals surface area contributed by atoms with Crippen molar-refractivity contribution in [3.05, 3.63) is 18.2 Å². The minimum atomic E-state index is -0.245. The molecule has 2 rings (SSSR count). The minimum absolute atomic E-state index is 0.0940. The van der Waals surface area contributed by atoms with Crippen LogP contribution in [-0.2, 0) is 0 Å². The van der Waals surface area contributed by atoms with E-state index in [-0.39, 0.29) is 12.1 Å². The highest BCUT2D eigenvalue weighted by molar-refractivity contribution is 5.98. The number of rotatable bonds is 2. The Kier molecular flexibility index (Phi) is 2.72. The molecule has 84 valence electrons. The number of nitrogens with one attached hydrogen (secondary N) is 3. The van der Waals surface area contributed by atoms with E-state index in [1.165, 1.54) is 0 Å². The number of carbonyl (C=O) groups is 1. The van der Waals surface area contributed by atoms with Gasteiger partial charge in [0.25, 0.3) is 0 Å². The van der Waals surface area contributed by atoms with E-state index in [2.05, 4.69) is 26.0 Å². The molecule has 0 unspecified atom stereocenters. The van der Waals surface area contributed by atoms with Gasteiger partial charge in [0.15, 0.2) is 0 Å². The van der Waals surface area contributed by atoms with Crippen molar-refractivity contribution in [3.63, 3.8) is 0 Å². The van der Waals surface area contributed by atoms with Crippen molar-refractivity contribution in [2.45, 2.75) is 19.9 Å². The van der Waals surface area contributed by atoms with Gasteiger partial charge in [-0.25, -0.2) is 4.79 Å². The number of urea groups is 1. The van der Waals surface area contributed by atoms with Crippen molar-refractivity contribution in [2.75, 3.05) is 5.32 Å². The van der Waals surface area contributed by atoms with Crippen LogP contribution in [0.3, 0.4) is 0 Å². The zero-order chi connectivity index (χ0) is 11.5. The van der Waals surface area contributed by atoms with Gasteiger partial charge in [-0.05, 0) is 26.0 Å². The van der Waals surface area contributed by atoms with Crippen LogP contribution < -0.4 is 10.6 Å². The Balaban J connectivity index is 2.20. The average Bonchev–Trinajstić information content (AvgIpc) is 2.65. The Hall–Kier alpha value is -2.11. The number of carbonyl (C=O) groups excluding carboxylic acids is 1. The van der Waals surface area contributed by atoms with Gasteiger partial charge >= 0.3 is 6.03 Å². The largest absolute Gasteiger partial charge is 0.336 e. The molecule has 0 saturated heterocycles. The maximum atomic E-state index is 11.5. The lowest BCUT2D eigenvalue weighted by Gasteiger charge is -2.09. The van der Waals surface area contributed by atoms with E-state index in [4.69, 9.17) is 0 Å². The van der Waals surface area contributed by atoms with Crippen molar-refractivity contribution in [3.8, 4) is 0 Å². The Bertz CT molecular complexity index is 505. The van der Waals surface area contributed by atoms with Crippen molar-refractivity contribution in [1.29, 1.82) is 0 Å². The molecule has 3 N–H and O–H groups in total. The van der Waals surface area contributed by atoms with Crippen LogP contribution in [0.4, 0.5) is 10.5 Å². The third-order valence-corrected chi connectivity index (χ3v) is 2.01. The molecule has 1 heterocycles. The third-order valence-electron chi connectivity index (χ3n) is 2.01. The van der Waals surface area contributed by atoms with Crippen LogP contribution in [0.1, 0.15) is 13.8 Å². The number of H-pyrrole nitrogens is 1. The normalized spacial score (nSPS) is 10.7. The van der Waals surface area contributed by atoms with Crippen LogP contribution in [0.5, 0.6) is 0 Å². The summed E-state index contributed by atoms with van der Waals surface area (Å²) in [5, 5.41) is 15.9. The number of fused-ring (bicyclic) bond motifs is 1. The van der Waals surface area contributed by atoms with Crippen LogP contribution in [0.2, 0.25) is 0 Å². The molecule has 1 aromatic carbocycles. The van der Waals surface area contributed by atoms with E-state index >= 15 is 0 Å². The Labute approximate surface area is 92.4 Å². The second-order valence-corrected chi connectivity index (χ2v) is 3.75. The van der Waals surface area contributed by atoms with Gasteiger partial charge in [0.05, 0.1) is 5.69 Å². The van der Waals surface area contributed by atoms with Gasteiger partial charge in [-0.3, -0.25) is 0 Å². The second kappa shape index (κ2) is 4.18. The summed E-state index contributed by atoms with van der Waals surface area (Å²) in [6, 6.07) is 5.27. The molecule has 0 aliphatic rings. The SMILES string of the molecule is CC(C)NC(=O)Nc1cccc2n[nH]nc12. The summed E-state index contributed by atoms with van der Waals surface area (Å²) in [4.78, 5) is 11.5. The van der Waals surface area contributed by atoms with Crippen LogP contribution in [0.25, 0.3) is 11.0 Å². The molecule has 0 saturated carbocycles. The van der Waals surface area contributed by atoms with Crippen molar-refractivity contribution < 1.29 is 4.79 Å². The van der Waals surface area contributed by atoms with Crippen LogP contribution in [-0.4, -0.2) is 27.5 Å². The number of aromatic nitrogens is 3. The fourth-order valence-electron chi connectivity index (χ4n) is 1.39. The average molecular weight is 219 g/mol. The summed E-state index contributed by atoms with van der Waals surface area (Å²) in [5.41, 5.74) is 2.02. The van der Waals surface area contributed by atoms with E-state index in [0.717, 1.165) is 5.52 Å². The fraction of sp³-hybridized carbons (Fsp3) is 0.300. The fourth-order valence-corrected chi connectivity index (χ4v) is 1.39. The molecular weight excluding hydrogens is 206 g/mol. The zero-order valence-electron chi connectivity index (χ0n) is 9.11. The second-order valence-electron chi connectivity index (χ2n) is 3.75. The van der Waals surface area contributed by atoms with Gasteiger partial charge < -0.3 is 10.6 Å². The van der Waals surface area contributed by atoms with E-state index in [1.54, 1.807) is 6.07 Å². The minimum Gasteiger partial charge on any atom is -0.336 e.